The summed E-state index contributed by atoms with van der Waals surface area (Å²) in [6, 6.07) is 9.36. The van der Waals surface area contributed by atoms with Crippen LogP contribution in [0.1, 0.15) is 28.2 Å². The number of carboxylic acid groups (broad SMARTS) is 1. The number of carbonyl (C=O) groups is 1. The Kier molecular flexibility index (Phi) is 4.40. The Labute approximate surface area is 123 Å². The molecule has 0 aliphatic heterocycles. The molecule has 1 heterocycles. The maximum atomic E-state index is 11.5. The fourth-order valence-electron chi connectivity index (χ4n) is 2.11. The van der Waals surface area contributed by atoms with Crippen molar-refractivity contribution in [2.75, 3.05) is 0 Å². The molecule has 0 amide bonds. The van der Waals surface area contributed by atoms with Gasteiger partial charge in [-0.3, -0.25) is 4.79 Å². The summed E-state index contributed by atoms with van der Waals surface area (Å²) in [5, 5.41) is 9.79. The van der Waals surface area contributed by atoms with E-state index in [1.165, 1.54) is 17.3 Å². The van der Waals surface area contributed by atoms with Crippen molar-refractivity contribution in [2.45, 2.75) is 26.2 Å². The van der Waals surface area contributed by atoms with Crippen LogP contribution in [-0.4, -0.2) is 16.1 Å². The molecular formula is C16H16ClNO2. The summed E-state index contributed by atoms with van der Waals surface area (Å²) in [4.78, 5) is 15.4. The van der Waals surface area contributed by atoms with Gasteiger partial charge in [0.2, 0.25) is 0 Å². The number of carboxylic acids is 1. The van der Waals surface area contributed by atoms with Crippen molar-refractivity contribution in [3.05, 3.63) is 63.9 Å². The van der Waals surface area contributed by atoms with Crippen LogP contribution in [-0.2, 0) is 11.2 Å². The Morgan fingerprint density at radius 3 is 2.55 bits per heavy atom. The zero-order chi connectivity index (χ0) is 14.7. The minimum atomic E-state index is -0.854. The Morgan fingerprint density at radius 1 is 1.25 bits per heavy atom. The van der Waals surface area contributed by atoms with Crippen LogP contribution in [0.2, 0.25) is 5.15 Å². The fraction of sp³-hybridized carbons (Fsp3) is 0.250. The van der Waals surface area contributed by atoms with Crippen molar-refractivity contribution in [1.29, 1.82) is 0 Å². The van der Waals surface area contributed by atoms with Crippen molar-refractivity contribution in [3.63, 3.8) is 0 Å². The van der Waals surface area contributed by atoms with Gasteiger partial charge in [-0.05, 0) is 48.6 Å². The number of pyridine rings is 1. The van der Waals surface area contributed by atoms with Crippen LogP contribution in [0.25, 0.3) is 0 Å². The number of aryl methyl sites for hydroxylation is 2. The lowest BCUT2D eigenvalue weighted by Crippen LogP contribution is -2.14. The summed E-state index contributed by atoms with van der Waals surface area (Å²) in [5.41, 5.74) is 4.05. The van der Waals surface area contributed by atoms with Crippen LogP contribution in [0.4, 0.5) is 0 Å². The van der Waals surface area contributed by atoms with Gasteiger partial charge in [0.15, 0.2) is 0 Å². The van der Waals surface area contributed by atoms with E-state index in [-0.39, 0.29) is 0 Å². The zero-order valence-corrected chi connectivity index (χ0v) is 12.2. The highest BCUT2D eigenvalue weighted by Crippen LogP contribution is 2.23. The highest BCUT2D eigenvalue weighted by atomic mass is 35.5. The first-order valence-corrected chi connectivity index (χ1v) is 6.75. The van der Waals surface area contributed by atoms with Crippen LogP contribution in [0.5, 0.6) is 0 Å². The number of rotatable bonds is 4. The molecule has 1 aromatic heterocycles. The van der Waals surface area contributed by atoms with Gasteiger partial charge in [-0.2, -0.15) is 0 Å². The monoisotopic (exact) mass is 289 g/mol. The van der Waals surface area contributed by atoms with E-state index in [4.69, 9.17) is 11.6 Å². The quantitative estimate of drug-likeness (QED) is 0.872. The highest BCUT2D eigenvalue weighted by Gasteiger charge is 2.20. The zero-order valence-electron chi connectivity index (χ0n) is 11.4. The molecule has 0 bridgehead atoms. The Hall–Kier alpha value is -1.87. The Balaban J connectivity index is 2.27. The largest absolute Gasteiger partial charge is 0.481 e. The smallest absolute Gasteiger partial charge is 0.311 e. The molecule has 20 heavy (non-hydrogen) atoms. The minimum absolute atomic E-state index is 0.365. The molecule has 3 nitrogen and oxygen atoms in total. The number of benzene rings is 1. The van der Waals surface area contributed by atoms with Crippen LogP contribution < -0.4 is 0 Å². The number of aliphatic carboxylic acids is 1. The van der Waals surface area contributed by atoms with E-state index in [2.05, 4.69) is 4.98 Å². The van der Waals surface area contributed by atoms with Gasteiger partial charge in [-0.1, -0.05) is 35.9 Å². The molecule has 1 atom stereocenters. The van der Waals surface area contributed by atoms with Crippen LogP contribution >= 0.6 is 11.6 Å². The molecule has 1 N–H and O–H groups in total. The molecule has 0 spiro atoms. The third-order valence-corrected chi connectivity index (χ3v) is 3.69. The predicted octanol–water partition coefficient (Wildman–Crippen LogP) is 3.76. The van der Waals surface area contributed by atoms with E-state index < -0.39 is 11.9 Å². The summed E-state index contributed by atoms with van der Waals surface area (Å²) < 4.78 is 0. The third kappa shape index (κ3) is 3.36. The van der Waals surface area contributed by atoms with Crippen molar-refractivity contribution in [1.82, 2.24) is 4.98 Å². The van der Waals surface area contributed by atoms with Crippen molar-refractivity contribution in [3.8, 4) is 0 Å². The molecule has 0 aliphatic carbocycles. The van der Waals surface area contributed by atoms with Crippen molar-refractivity contribution < 1.29 is 9.90 Å². The van der Waals surface area contributed by atoms with Crippen LogP contribution in [0.15, 0.2) is 36.5 Å². The molecule has 1 aromatic carbocycles. The first-order chi connectivity index (χ1) is 9.47. The van der Waals surface area contributed by atoms with Gasteiger partial charge in [-0.25, -0.2) is 4.98 Å². The standard InChI is InChI=1S/C16H16ClNO2/c1-10-3-4-12(7-11(10)2)8-14(16(19)20)13-5-6-15(17)18-9-13/h3-7,9,14H,8H2,1-2H3,(H,19,20). The van der Waals surface area contributed by atoms with Gasteiger partial charge < -0.3 is 5.11 Å². The van der Waals surface area contributed by atoms with Crippen LogP contribution in [0, 0.1) is 13.8 Å². The van der Waals surface area contributed by atoms with Gasteiger partial charge in [0.25, 0.3) is 0 Å². The average Bonchev–Trinajstić information content (AvgIpc) is 2.41. The summed E-state index contributed by atoms with van der Waals surface area (Å²) in [6.45, 7) is 4.06. The number of hydrogen-bond acceptors (Lipinski definition) is 2. The van der Waals surface area contributed by atoms with Gasteiger partial charge >= 0.3 is 5.97 Å². The second-order valence-electron chi connectivity index (χ2n) is 4.93. The predicted molar refractivity (Wildman–Crippen MR) is 79.2 cm³/mol. The SMILES string of the molecule is Cc1ccc(CC(C(=O)O)c2ccc(Cl)nc2)cc1C. The second-order valence-corrected chi connectivity index (χ2v) is 5.32. The summed E-state index contributed by atoms with van der Waals surface area (Å²) in [5.74, 6) is -1.46. The van der Waals surface area contributed by atoms with Crippen molar-refractivity contribution in [2.24, 2.45) is 0 Å². The molecule has 104 valence electrons. The van der Waals surface area contributed by atoms with E-state index in [0.717, 1.165) is 5.56 Å². The lowest BCUT2D eigenvalue weighted by Gasteiger charge is -2.13. The van der Waals surface area contributed by atoms with Gasteiger partial charge in [0.1, 0.15) is 5.15 Å². The third-order valence-electron chi connectivity index (χ3n) is 3.46. The van der Waals surface area contributed by atoms with Gasteiger partial charge in [0, 0.05) is 6.20 Å². The first kappa shape index (κ1) is 14.5. The summed E-state index contributed by atoms with van der Waals surface area (Å²) in [7, 11) is 0. The maximum absolute atomic E-state index is 11.5. The average molecular weight is 290 g/mol. The number of halogens is 1. The first-order valence-electron chi connectivity index (χ1n) is 6.38. The minimum Gasteiger partial charge on any atom is -0.481 e. The number of hydrogen-bond donors (Lipinski definition) is 1. The normalized spacial score (nSPS) is 12.2. The summed E-state index contributed by atoms with van der Waals surface area (Å²) in [6.07, 6.45) is 1.97. The molecule has 0 saturated carbocycles. The molecule has 0 saturated heterocycles. The second kappa shape index (κ2) is 6.06. The van der Waals surface area contributed by atoms with Gasteiger partial charge in [0.05, 0.1) is 5.92 Å². The number of aromatic nitrogens is 1. The molecule has 0 radical (unpaired) electrons. The molecule has 0 fully saturated rings. The highest BCUT2D eigenvalue weighted by molar-refractivity contribution is 6.29. The lowest BCUT2D eigenvalue weighted by atomic mass is 9.92. The molecular weight excluding hydrogens is 274 g/mol. The molecule has 2 aromatic rings. The topological polar surface area (TPSA) is 50.2 Å². The van der Waals surface area contributed by atoms with Gasteiger partial charge in [-0.15, -0.1) is 0 Å². The molecule has 0 aliphatic rings. The number of nitrogens with zero attached hydrogens (tertiary/aromatic N) is 1. The fourth-order valence-corrected chi connectivity index (χ4v) is 2.22. The Morgan fingerprint density at radius 2 is 2.00 bits per heavy atom. The maximum Gasteiger partial charge on any atom is 0.311 e. The summed E-state index contributed by atoms with van der Waals surface area (Å²) >= 11 is 5.74. The van der Waals surface area contributed by atoms with E-state index in [9.17, 15) is 9.90 Å². The lowest BCUT2D eigenvalue weighted by molar-refractivity contribution is -0.138. The molecule has 2 rings (SSSR count). The van der Waals surface area contributed by atoms with E-state index >= 15 is 0 Å². The van der Waals surface area contributed by atoms with E-state index in [1.807, 2.05) is 32.0 Å². The van der Waals surface area contributed by atoms with Crippen LogP contribution in [0.3, 0.4) is 0 Å². The molecule has 1 unspecified atom stereocenters. The van der Waals surface area contributed by atoms with E-state index in [1.54, 1.807) is 12.1 Å². The Bertz CT molecular complexity index is 623. The van der Waals surface area contributed by atoms with Crippen molar-refractivity contribution >= 4 is 17.6 Å². The van der Waals surface area contributed by atoms with E-state index in [0.29, 0.717) is 17.1 Å². The molecule has 4 heteroatoms.